The third kappa shape index (κ3) is 4.42. The van der Waals surface area contributed by atoms with E-state index in [4.69, 9.17) is 4.74 Å². The number of carbonyl (C=O) groups excluding carboxylic acids is 1. The predicted octanol–water partition coefficient (Wildman–Crippen LogP) is 2.45. The van der Waals surface area contributed by atoms with Crippen LogP contribution in [0, 0.1) is 27.7 Å². The Hall–Kier alpha value is -3.42. The lowest BCUT2D eigenvalue weighted by Gasteiger charge is -2.10. The van der Waals surface area contributed by atoms with Gasteiger partial charge in [-0.15, -0.1) is 0 Å². The predicted molar refractivity (Wildman–Crippen MR) is 114 cm³/mol. The number of para-hydroxylation sites is 1. The van der Waals surface area contributed by atoms with Gasteiger partial charge in [-0.1, -0.05) is 18.2 Å². The first-order chi connectivity index (χ1) is 14.3. The van der Waals surface area contributed by atoms with Crippen LogP contribution in [0.4, 0.5) is 0 Å². The lowest BCUT2D eigenvalue weighted by molar-refractivity contribution is -0.121. The van der Waals surface area contributed by atoms with Gasteiger partial charge < -0.3 is 10.1 Å². The quantitative estimate of drug-likeness (QED) is 0.624. The molecular formula is C22H27N5O3. The van der Waals surface area contributed by atoms with E-state index in [1.807, 2.05) is 38.1 Å². The third-order valence-corrected chi connectivity index (χ3v) is 5.29. The minimum Gasteiger partial charge on any atom is -0.496 e. The van der Waals surface area contributed by atoms with Crippen LogP contribution in [0.1, 0.15) is 40.2 Å². The molecule has 0 unspecified atom stereocenters. The van der Waals surface area contributed by atoms with E-state index in [1.165, 1.54) is 0 Å². The van der Waals surface area contributed by atoms with Crippen LogP contribution in [0.3, 0.4) is 0 Å². The van der Waals surface area contributed by atoms with Crippen molar-refractivity contribution in [3.8, 4) is 11.7 Å². The minimum atomic E-state index is -0.178. The van der Waals surface area contributed by atoms with Crippen molar-refractivity contribution in [1.29, 1.82) is 0 Å². The molecule has 2 N–H and O–H groups in total. The average Bonchev–Trinajstić information content (AvgIpc) is 3.02. The molecule has 0 fully saturated rings. The molecule has 8 heteroatoms. The highest BCUT2D eigenvalue weighted by atomic mass is 16.5. The van der Waals surface area contributed by atoms with Crippen LogP contribution in [-0.2, 0) is 17.8 Å². The summed E-state index contributed by atoms with van der Waals surface area (Å²) in [5.74, 6) is 1.08. The van der Waals surface area contributed by atoms with Gasteiger partial charge in [-0.3, -0.25) is 14.6 Å². The summed E-state index contributed by atoms with van der Waals surface area (Å²) in [6.45, 7) is 7.75. The van der Waals surface area contributed by atoms with Gasteiger partial charge in [0.1, 0.15) is 5.75 Å². The zero-order valence-electron chi connectivity index (χ0n) is 18.0. The molecule has 0 bridgehead atoms. The molecule has 3 aromatic rings. The van der Waals surface area contributed by atoms with Crippen molar-refractivity contribution in [3.05, 3.63) is 68.4 Å². The lowest BCUT2D eigenvalue weighted by Crippen LogP contribution is -2.23. The minimum absolute atomic E-state index is 0.0508. The molecule has 0 spiro atoms. The Labute approximate surface area is 175 Å². The Morgan fingerprint density at radius 1 is 1.17 bits per heavy atom. The van der Waals surface area contributed by atoms with E-state index in [0.29, 0.717) is 36.6 Å². The Kier molecular flexibility index (Phi) is 6.34. The second-order valence-corrected chi connectivity index (χ2v) is 7.25. The van der Waals surface area contributed by atoms with E-state index < -0.39 is 0 Å². The van der Waals surface area contributed by atoms with E-state index >= 15 is 0 Å². The number of hydrogen-bond donors (Lipinski definition) is 2. The molecule has 30 heavy (non-hydrogen) atoms. The summed E-state index contributed by atoms with van der Waals surface area (Å²) in [6, 6.07) is 7.60. The summed E-state index contributed by atoms with van der Waals surface area (Å²) in [5.41, 5.74) is 4.65. The van der Waals surface area contributed by atoms with E-state index in [0.717, 1.165) is 28.3 Å². The number of aromatic amines is 1. The molecule has 0 saturated heterocycles. The molecule has 0 radical (unpaired) electrons. The molecule has 0 atom stereocenters. The maximum atomic E-state index is 12.4. The van der Waals surface area contributed by atoms with E-state index in [9.17, 15) is 9.59 Å². The number of methoxy groups -OCH3 is 1. The normalized spacial score (nSPS) is 10.8. The van der Waals surface area contributed by atoms with Crippen molar-refractivity contribution < 1.29 is 9.53 Å². The monoisotopic (exact) mass is 409 g/mol. The second-order valence-electron chi connectivity index (χ2n) is 7.25. The van der Waals surface area contributed by atoms with Crippen LogP contribution in [0.25, 0.3) is 5.95 Å². The largest absolute Gasteiger partial charge is 0.496 e. The van der Waals surface area contributed by atoms with Crippen molar-refractivity contribution in [1.82, 2.24) is 25.1 Å². The first kappa shape index (κ1) is 21.3. The van der Waals surface area contributed by atoms with Gasteiger partial charge in [0.15, 0.2) is 0 Å². The van der Waals surface area contributed by atoms with Gasteiger partial charge in [0.05, 0.1) is 12.8 Å². The van der Waals surface area contributed by atoms with Crippen molar-refractivity contribution in [3.63, 3.8) is 0 Å². The topological polar surface area (TPSA) is 102 Å². The Morgan fingerprint density at radius 3 is 2.60 bits per heavy atom. The molecule has 1 amide bonds. The molecule has 0 aliphatic carbocycles. The number of aromatic nitrogens is 4. The van der Waals surface area contributed by atoms with Crippen molar-refractivity contribution in [2.75, 3.05) is 7.11 Å². The number of H-pyrrole nitrogens is 1. The Balaban J connectivity index is 1.69. The van der Waals surface area contributed by atoms with Crippen LogP contribution < -0.4 is 15.6 Å². The number of ether oxygens (including phenoxy) is 1. The lowest BCUT2D eigenvalue weighted by atomic mass is 10.1. The van der Waals surface area contributed by atoms with Gasteiger partial charge in [0.25, 0.3) is 5.56 Å². The molecule has 1 aromatic carbocycles. The summed E-state index contributed by atoms with van der Waals surface area (Å²) in [5, 5.41) is 7.46. The fourth-order valence-corrected chi connectivity index (χ4v) is 3.34. The summed E-state index contributed by atoms with van der Waals surface area (Å²) in [4.78, 5) is 31.7. The maximum absolute atomic E-state index is 12.4. The summed E-state index contributed by atoms with van der Waals surface area (Å²) >= 11 is 0. The van der Waals surface area contributed by atoms with Crippen LogP contribution in [0.5, 0.6) is 5.75 Å². The fourth-order valence-electron chi connectivity index (χ4n) is 3.34. The van der Waals surface area contributed by atoms with E-state index in [-0.39, 0.29) is 11.5 Å². The summed E-state index contributed by atoms with van der Waals surface area (Å²) < 4.78 is 6.94. The van der Waals surface area contributed by atoms with Gasteiger partial charge in [-0.05, 0) is 45.7 Å². The van der Waals surface area contributed by atoms with E-state index in [1.54, 1.807) is 25.6 Å². The number of nitrogens with zero attached hydrogens (tertiary/aromatic N) is 3. The molecule has 8 nitrogen and oxygen atoms in total. The number of benzene rings is 1. The Bertz CT molecular complexity index is 1130. The SMILES string of the molecule is COc1ccccc1CNC(=O)CCc1c(C)nn(-c2nc(C)c(C)c(=O)[nH]2)c1C. The first-order valence-corrected chi connectivity index (χ1v) is 9.83. The molecular weight excluding hydrogens is 382 g/mol. The number of amides is 1. The molecule has 0 aliphatic rings. The zero-order valence-corrected chi connectivity index (χ0v) is 18.0. The second kappa shape index (κ2) is 8.94. The number of hydrogen-bond acceptors (Lipinski definition) is 5. The number of nitrogens with one attached hydrogen (secondary N) is 2. The highest BCUT2D eigenvalue weighted by molar-refractivity contribution is 5.76. The smallest absolute Gasteiger partial charge is 0.255 e. The first-order valence-electron chi connectivity index (χ1n) is 9.83. The van der Waals surface area contributed by atoms with Gasteiger partial charge in [0, 0.05) is 35.5 Å². The average molecular weight is 409 g/mol. The molecule has 0 aliphatic heterocycles. The van der Waals surface area contributed by atoms with Gasteiger partial charge in [0.2, 0.25) is 11.9 Å². The van der Waals surface area contributed by atoms with E-state index in [2.05, 4.69) is 20.4 Å². The number of aryl methyl sites for hydroxylation is 2. The van der Waals surface area contributed by atoms with Crippen molar-refractivity contribution in [2.24, 2.45) is 0 Å². The number of rotatable bonds is 7. The van der Waals surface area contributed by atoms with Crippen LogP contribution in [-0.4, -0.2) is 32.8 Å². The van der Waals surface area contributed by atoms with Crippen LogP contribution >= 0.6 is 0 Å². The molecule has 2 heterocycles. The van der Waals surface area contributed by atoms with Crippen molar-refractivity contribution >= 4 is 5.91 Å². The van der Waals surface area contributed by atoms with Gasteiger partial charge in [-0.2, -0.15) is 5.10 Å². The highest BCUT2D eigenvalue weighted by Gasteiger charge is 2.16. The standard InChI is InChI=1S/C22H27N5O3/c1-13-14(2)24-22(25-21(13)29)27-16(4)18(15(3)26-27)10-11-20(28)23-12-17-8-6-7-9-19(17)30-5/h6-9H,10-12H2,1-5H3,(H,23,28)(H,24,25,29). The third-order valence-electron chi connectivity index (χ3n) is 5.29. The highest BCUT2D eigenvalue weighted by Crippen LogP contribution is 2.19. The molecule has 0 saturated carbocycles. The molecule has 2 aromatic heterocycles. The fraction of sp³-hybridized carbons (Fsp3) is 0.364. The molecule has 3 rings (SSSR count). The number of carbonyl (C=O) groups is 1. The zero-order chi connectivity index (χ0) is 21.8. The maximum Gasteiger partial charge on any atom is 0.255 e. The molecule has 158 valence electrons. The van der Waals surface area contributed by atoms with Crippen LogP contribution in [0.15, 0.2) is 29.1 Å². The van der Waals surface area contributed by atoms with Crippen LogP contribution in [0.2, 0.25) is 0 Å². The van der Waals surface area contributed by atoms with Gasteiger partial charge in [-0.25, -0.2) is 9.67 Å². The summed E-state index contributed by atoms with van der Waals surface area (Å²) in [6.07, 6.45) is 0.879. The van der Waals surface area contributed by atoms with Crippen molar-refractivity contribution in [2.45, 2.75) is 47.1 Å². The summed E-state index contributed by atoms with van der Waals surface area (Å²) in [7, 11) is 1.61. The van der Waals surface area contributed by atoms with Gasteiger partial charge >= 0.3 is 0 Å². The Morgan fingerprint density at radius 2 is 1.90 bits per heavy atom.